The highest BCUT2D eigenvalue weighted by Crippen LogP contribution is 2.23. The molecule has 1 aromatic heterocycles. The van der Waals surface area contributed by atoms with Gasteiger partial charge in [-0.05, 0) is 17.9 Å². The van der Waals surface area contributed by atoms with Gasteiger partial charge in [-0.15, -0.1) is 0 Å². The minimum atomic E-state index is -1.07. The molecule has 2 heterocycles. The number of carboxylic acids is 1. The molecule has 17 heavy (non-hydrogen) atoms. The number of carbonyl (C=O) groups is 2. The average molecular weight is 255 g/mol. The number of aryl methyl sites for hydroxylation is 1. The van der Waals surface area contributed by atoms with Gasteiger partial charge in [0.25, 0.3) is 5.91 Å². The molecular weight excluding hydrogens is 242 g/mol. The molecule has 2 rings (SSSR count). The van der Waals surface area contributed by atoms with Crippen LogP contribution in [0.2, 0.25) is 0 Å². The fourth-order valence-corrected chi connectivity index (χ4v) is 2.83. The van der Waals surface area contributed by atoms with Crippen LogP contribution in [0.4, 0.5) is 0 Å². The SMILES string of the molecule is Cc1cscc1C(=O)N1CC(O)CC1C(=O)O. The number of aliphatic hydroxyl groups excluding tert-OH is 1. The Bertz CT molecular complexity index is 456. The molecule has 2 unspecified atom stereocenters. The lowest BCUT2D eigenvalue weighted by atomic mass is 10.1. The van der Waals surface area contributed by atoms with E-state index in [0.717, 1.165) is 5.56 Å². The van der Waals surface area contributed by atoms with E-state index in [-0.39, 0.29) is 18.9 Å². The third-order valence-corrected chi connectivity index (χ3v) is 3.77. The molecule has 1 saturated heterocycles. The molecule has 5 nitrogen and oxygen atoms in total. The number of carboxylic acid groups (broad SMARTS) is 1. The molecule has 1 aliphatic rings. The van der Waals surface area contributed by atoms with E-state index in [2.05, 4.69) is 0 Å². The summed E-state index contributed by atoms with van der Waals surface area (Å²) in [6.45, 7) is 1.90. The van der Waals surface area contributed by atoms with Gasteiger partial charge < -0.3 is 15.1 Å². The Balaban J connectivity index is 2.25. The van der Waals surface area contributed by atoms with Gasteiger partial charge >= 0.3 is 5.97 Å². The fourth-order valence-electron chi connectivity index (χ4n) is 2.01. The molecule has 1 fully saturated rings. The van der Waals surface area contributed by atoms with E-state index in [9.17, 15) is 14.7 Å². The number of carbonyl (C=O) groups excluding carboxylic acids is 1. The minimum Gasteiger partial charge on any atom is -0.480 e. The maximum Gasteiger partial charge on any atom is 0.326 e. The number of amides is 1. The zero-order valence-corrected chi connectivity index (χ0v) is 10.1. The first kappa shape index (κ1) is 12.1. The van der Waals surface area contributed by atoms with Gasteiger partial charge in [-0.2, -0.15) is 11.3 Å². The summed E-state index contributed by atoms with van der Waals surface area (Å²) < 4.78 is 0. The predicted molar refractivity (Wildman–Crippen MR) is 62.1 cm³/mol. The first-order chi connectivity index (χ1) is 8.00. The van der Waals surface area contributed by atoms with Crippen LogP contribution in [0.15, 0.2) is 10.8 Å². The molecule has 1 amide bonds. The normalized spacial score (nSPS) is 24.0. The summed E-state index contributed by atoms with van der Waals surface area (Å²) >= 11 is 1.41. The lowest BCUT2D eigenvalue weighted by Crippen LogP contribution is -2.40. The van der Waals surface area contributed by atoms with Gasteiger partial charge in [-0.25, -0.2) is 4.79 Å². The first-order valence-electron chi connectivity index (χ1n) is 5.25. The number of hydrogen-bond donors (Lipinski definition) is 2. The topological polar surface area (TPSA) is 77.8 Å². The second-order valence-electron chi connectivity index (χ2n) is 4.17. The average Bonchev–Trinajstić information content (AvgIpc) is 2.83. The summed E-state index contributed by atoms with van der Waals surface area (Å²) in [6, 6.07) is -0.920. The van der Waals surface area contributed by atoms with Crippen LogP contribution >= 0.6 is 11.3 Å². The van der Waals surface area contributed by atoms with Crippen molar-refractivity contribution in [2.24, 2.45) is 0 Å². The molecule has 0 aromatic carbocycles. The van der Waals surface area contributed by atoms with Crippen LogP contribution in [-0.4, -0.2) is 45.7 Å². The second kappa shape index (κ2) is 4.46. The van der Waals surface area contributed by atoms with Crippen LogP contribution in [-0.2, 0) is 4.79 Å². The van der Waals surface area contributed by atoms with Gasteiger partial charge in [0.05, 0.1) is 11.7 Å². The molecule has 2 N–H and O–H groups in total. The van der Waals surface area contributed by atoms with Gasteiger partial charge in [-0.3, -0.25) is 4.79 Å². The molecule has 0 aliphatic carbocycles. The zero-order valence-electron chi connectivity index (χ0n) is 9.29. The molecule has 0 radical (unpaired) electrons. The van der Waals surface area contributed by atoms with E-state index in [1.807, 2.05) is 12.3 Å². The van der Waals surface area contributed by atoms with Crippen LogP contribution in [0, 0.1) is 6.92 Å². The Morgan fingerprint density at radius 2 is 2.18 bits per heavy atom. The zero-order chi connectivity index (χ0) is 12.6. The van der Waals surface area contributed by atoms with Crippen molar-refractivity contribution in [3.63, 3.8) is 0 Å². The van der Waals surface area contributed by atoms with E-state index in [1.54, 1.807) is 5.38 Å². The fraction of sp³-hybridized carbons (Fsp3) is 0.455. The Hall–Kier alpha value is -1.40. The quantitative estimate of drug-likeness (QED) is 0.816. The van der Waals surface area contributed by atoms with Gasteiger partial charge in [0.2, 0.25) is 0 Å². The Morgan fingerprint density at radius 3 is 2.71 bits per heavy atom. The molecule has 0 saturated carbocycles. The highest BCUT2D eigenvalue weighted by molar-refractivity contribution is 7.08. The maximum absolute atomic E-state index is 12.1. The summed E-state index contributed by atoms with van der Waals surface area (Å²) in [5, 5.41) is 22.0. The molecule has 6 heteroatoms. The monoisotopic (exact) mass is 255 g/mol. The van der Waals surface area contributed by atoms with Crippen molar-refractivity contribution in [1.29, 1.82) is 0 Å². The van der Waals surface area contributed by atoms with Crippen LogP contribution in [0.3, 0.4) is 0 Å². The van der Waals surface area contributed by atoms with E-state index >= 15 is 0 Å². The number of thiophene rings is 1. The first-order valence-corrected chi connectivity index (χ1v) is 6.19. The van der Waals surface area contributed by atoms with E-state index < -0.39 is 18.1 Å². The number of hydrogen-bond acceptors (Lipinski definition) is 4. The Morgan fingerprint density at radius 1 is 1.47 bits per heavy atom. The van der Waals surface area contributed by atoms with E-state index in [0.29, 0.717) is 5.56 Å². The number of rotatable bonds is 2. The summed E-state index contributed by atoms with van der Waals surface area (Å²) in [5.41, 5.74) is 1.36. The number of aliphatic hydroxyl groups is 1. The highest BCUT2D eigenvalue weighted by Gasteiger charge is 2.39. The third-order valence-electron chi connectivity index (χ3n) is 2.91. The number of nitrogens with zero attached hydrogens (tertiary/aromatic N) is 1. The summed E-state index contributed by atoms with van der Waals surface area (Å²) in [7, 11) is 0. The van der Waals surface area contributed by atoms with Gasteiger partial charge in [-0.1, -0.05) is 0 Å². The van der Waals surface area contributed by atoms with Crippen molar-refractivity contribution < 1.29 is 19.8 Å². The van der Waals surface area contributed by atoms with Crippen LogP contribution in [0.1, 0.15) is 22.3 Å². The largest absolute Gasteiger partial charge is 0.480 e. The van der Waals surface area contributed by atoms with Crippen LogP contribution in [0.5, 0.6) is 0 Å². The van der Waals surface area contributed by atoms with Crippen LogP contribution in [0.25, 0.3) is 0 Å². The standard InChI is InChI=1S/C11H13NO4S/c1-6-4-17-5-8(6)10(14)12-3-7(13)2-9(12)11(15)16/h4-5,7,9,13H,2-3H2,1H3,(H,15,16). The van der Waals surface area contributed by atoms with Gasteiger partial charge in [0.1, 0.15) is 6.04 Å². The Kier molecular flexibility index (Phi) is 3.17. The van der Waals surface area contributed by atoms with Gasteiger partial charge in [0, 0.05) is 18.3 Å². The maximum atomic E-state index is 12.1. The smallest absolute Gasteiger partial charge is 0.326 e. The number of likely N-dealkylation sites (tertiary alicyclic amines) is 1. The molecule has 2 atom stereocenters. The van der Waals surface area contributed by atoms with E-state index in [4.69, 9.17) is 5.11 Å². The van der Waals surface area contributed by atoms with Crippen molar-refractivity contribution in [2.45, 2.75) is 25.5 Å². The molecule has 1 aromatic rings. The van der Waals surface area contributed by atoms with Gasteiger partial charge in [0.15, 0.2) is 0 Å². The number of aliphatic carboxylic acids is 1. The lowest BCUT2D eigenvalue weighted by Gasteiger charge is -2.20. The lowest BCUT2D eigenvalue weighted by molar-refractivity contribution is -0.141. The molecule has 1 aliphatic heterocycles. The van der Waals surface area contributed by atoms with Crippen molar-refractivity contribution in [3.8, 4) is 0 Å². The minimum absolute atomic E-state index is 0.0884. The molecule has 0 spiro atoms. The molecule has 0 bridgehead atoms. The summed E-state index contributed by atoms with van der Waals surface area (Å²) in [6.07, 6.45) is -0.649. The Labute approximate surface area is 102 Å². The highest BCUT2D eigenvalue weighted by atomic mass is 32.1. The molecule has 92 valence electrons. The summed E-state index contributed by atoms with van der Waals surface area (Å²) in [4.78, 5) is 24.4. The van der Waals surface area contributed by atoms with Crippen molar-refractivity contribution in [2.75, 3.05) is 6.54 Å². The third kappa shape index (κ3) is 2.18. The van der Waals surface area contributed by atoms with Crippen LogP contribution < -0.4 is 0 Å². The summed E-state index contributed by atoms with van der Waals surface area (Å²) in [5.74, 6) is -1.38. The number of β-amino-alcohol motifs (C(OH)–C–C–N with tert-alkyl or cyclic N) is 1. The predicted octanol–water partition coefficient (Wildman–Crippen LogP) is 0.717. The van der Waals surface area contributed by atoms with Crippen molar-refractivity contribution in [1.82, 2.24) is 4.90 Å². The second-order valence-corrected chi connectivity index (χ2v) is 4.91. The van der Waals surface area contributed by atoms with Crippen molar-refractivity contribution >= 4 is 23.2 Å². The molecular formula is C11H13NO4S. The van der Waals surface area contributed by atoms with Crippen molar-refractivity contribution in [3.05, 3.63) is 21.9 Å². The van der Waals surface area contributed by atoms with E-state index in [1.165, 1.54) is 16.2 Å².